The molecule has 3 fully saturated rings. The summed E-state index contributed by atoms with van der Waals surface area (Å²) >= 11 is 0. The van der Waals surface area contributed by atoms with Crippen LogP contribution in [0, 0.1) is 40.4 Å². The Morgan fingerprint density at radius 2 is 1.75 bits per heavy atom. The van der Waals surface area contributed by atoms with Gasteiger partial charge in [-0.1, -0.05) is 32.4 Å². The van der Waals surface area contributed by atoms with E-state index in [1.54, 1.807) is 5.57 Å². The maximum Gasteiger partial charge on any atom is 0.0592 e. The van der Waals surface area contributed by atoms with Crippen LogP contribution in [-0.4, -0.2) is 21.9 Å². The monoisotopic (exact) mass is 388 g/mol. The predicted molar refractivity (Wildman–Crippen MR) is 116 cm³/mol. The van der Waals surface area contributed by atoms with Gasteiger partial charge in [-0.15, -0.1) is 0 Å². The minimum atomic E-state index is -0.552. The summed E-state index contributed by atoms with van der Waals surface area (Å²) in [7, 11) is 0. The van der Waals surface area contributed by atoms with Crippen molar-refractivity contribution in [3.63, 3.8) is 0 Å². The van der Waals surface area contributed by atoms with E-state index in [4.69, 9.17) is 0 Å². The molecular weight excluding hydrogens is 344 g/mol. The van der Waals surface area contributed by atoms with Gasteiger partial charge in [0.05, 0.1) is 11.7 Å². The van der Waals surface area contributed by atoms with Gasteiger partial charge in [0, 0.05) is 0 Å². The average Bonchev–Trinajstić information content (AvgIpc) is 2.97. The summed E-state index contributed by atoms with van der Waals surface area (Å²) < 4.78 is 0. The molecule has 4 aliphatic rings. The third-order valence-electron chi connectivity index (χ3n) is 9.74. The van der Waals surface area contributed by atoms with Crippen LogP contribution in [0.2, 0.25) is 0 Å². The van der Waals surface area contributed by atoms with Crippen molar-refractivity contribution in [2.45, 2.75) is 111 Å². The SMILES string of the molecule is CC(C)(O)CCC(C)(C)C1CCC2C3CC=C4CC(O)CCC4C3CCC21C. The standard InChI is InChI=1S/C26H44O2/c1-24(2,14-15-25(3,4)28)23-11-10-22-21-8-6-17-16-18(27)7-9-19(17)20(21)12-13-26(22,23)5/h6,18-23,27-28H,7-16H2,1-5H3. The highest BCUT2D eigenvalue weighted by Crippen LogP contribution is 2.66. The molecule has 0 aromatic rings. The van der Waals surface area contributed by atoms with Crippen LogP contribution in [0.25, 0.3) is 0 Å². The molecule has 0 aromatic heterocycles. The largest absolute Gasteiger partial charge is 0.393 e. The van der Waals surface area contributed by atoms with Crippen LogP contribution < -0.4 is 0 Å². The van der Waals surface area contributed by atoms with Gasteiger partial charge in [0.15, 0.2) is 0 Å². The van der Waals surface area contributed by atoms with Crippen LogP contribution in [0.4, 0.5) is 0 Å². The molecule has 0 amide bonds. The molecule has 0 bridgehead atoms. The summed E-state index contributed by atoms with van der Waals surface area (Å²) in [6.07, 6.45) is 14.5. The average molecular weight is 389 g/mol. The Kier molecular flexibility index (Phi) is 5.32. The molecule has 3 saturated carbocycles. The number of aliphatic hydroxyl groups is 2. The van der Waals surface area contributed by atoms with E-state index in [-0.39, 0.29) is 6.10 Å². The minimum absolute atomic E-state index is 0.0830. The third-order valence-corrected chi connectivity index (χ3v) is 9.74. The van der Waals surface area contributed by atoms with Crippen molar-refractivity contribution in [3.05, 3.63) is 11.6 Å². The molecule has 2 nitrogen and oxygen atoms in total. The van der Waals surface area contributed by atoms with Crippen molar-refractivity contribution in [1.82, 2.24) is 0 Å². The van der Waals surface area contributed by atoms with Crippen LogP contribution in [-0.2, 0) is 0 Å². The molecule has 28 heavy (non-hydrogen) atoms. The smallest absolute Gasteiger partial charge is 0.0592 e. The van der Waals surface area contributed by atoms with E-state index in [2.05, 4.69) is 26.8 Å². The second-order valence-corrected chi connectivity index (χ2v) is 12.5. The summed E-state index contributed by atoms with van der Waals surface area (Å²) in [5.74, 6) is 4.18. The highest BCUT2D eigenvalue weighted by Gasteiger charge is 2.58. The van der Waals surface area contributed by atoms with Crippen LogP contribution in [0.5, 0.6) is 0 Å². The number of hydrogen-bond donors (Lipinski definition) is 2. The normalized spacial score (nSPS) is 43.8. The summed E-state index contributed by atoms with van der Waals surface area (Å²) in [6.45, 7) is 11.5. The maximum atomic E-state index is 10.3. The molecular formula is C26H44O2. The summed E-state index contributed by atoms with van der Waals surface area (Å²) in [5.41, 5.74) is 1.83. The van der Waals surface area contributed by atoms with Crippen molar-refractivity contribution >= 4 is 0 Å². The zero-order valence-electron chi connectivity index (χ0n) is 19.0. The molecule has 0 saturated heterocycles. The van der Waals surface area contributed by atoms with Gasteiger partial charge in [0.25, 0.3) is 0 Å². The first kappa shape index (κ1) is 20.9. The van der Waals surface area contributed by atoms with Crippen LogP contribution in [0.1, 0.15) is 98.8 Å². The lowest BCUT2D eigenvalue weighted by molar-refractivity contribution is -0.0518. The Hall–Kier alpha value is -0.340. The zero-order valence-corrected chi connectivity index (χ0v) is 19.0. The predicted octanol–water partition coefficient (Wildman–Crippen LogP) is 6.11. The van der Waals surface area contributed by atoms with Gasteiger partial charge in [0.2, 0.25) is 0 Å². The van der Waals surface area contributed by atoms with Gasteiger partial charge in [-0.3, -0.25) is 0 Å². The van der Waals surface area contributed by atoms with E-state index in [9.17, 15) is 10.2 Å². The van der Waals surface area contributed by atoms with E-state index in [1.807, 2.05) is 13.8 Å². The van der Waals surface area contributed by atoms with Gasteiger partial charge in [-0.05, 0) is 118 Å². The number of aliphatic hydroxyl groups excluding tert-OH is 1. The third kappa shape index (κ3) is 3.62. The lowest BCUT2D eigenvalue weighted by Crippen LogP contribution is -2.48. The molecule has 7 atom stereocenters. The fourth-order valence-corrected chi connectivity index (χ4v) is 8.34. The minimum Gasteiger partial charge on any atom is -0.393 e. The number of allylic oxidation sites excluding steroid dienone is 1. The Morgan fingerprint density at radius 3 is 2.46 bits per heavy atom. The summed E-state index contributed by atoms with van der Waals surface area (Å²) in [4.78, 5) is 0. The molecule has 0 spiro atoms. The first-order chi connectivity index (χ1) is 13.0. The van der Waals surface area contributed by atoms with Crippen LogP contribution >= 0.6 is 0 Å². The molecule has 0 heterocycles. The van der Waals surface area contributed by atoms with E-state index in [0.29, 0.717) is 10.8 Å². The van der Waals surface area contributed by atoms with Crippen molar-refractivity contribution in [2.24, 2.45) is 40.4 Å². The second-order valence-electron chi connectivity index (χ2n) is 12.5. The van der Waals surface area contributed by atoms with Gasteiger partial charge in [-0.2, -0.15) is 0 Å². The van der Waals surface area contributed by atoms with E-state index >= 15 is 0 Å². The van der Waals surface area contributed by atoms with Gasteiger partial charge >= 0.3 is 0 Å². The van der Waals surface area contributed by atoms with E-state index < -0.39 is 5.60 Å². The highest BCUT2D eigenvalue weighted by molar-refractivity contribution is 5.20. The summed E-state index contributed by atoms with van der Waals surface area (Å²) in [5, 5.41) is 20.4. The molecule has 2 N–H and O–H groups in total. The first-order valence-corrected chi connectivity index (χ1v) is 12.1. The van der Waals surface area contributed by atoms with Gasteiger partial charge in [0.1, 0.15) is 0 Å². The fraction of sp³-hybridized carbons (Fsp3) is 0.923. The quantitative estimate of drug-likeness (QED) is 0.570. The molecule has 2 heteroatoms. The van der Waals surface area contributed by atoms with E-state index in [1.165, 1.54) is 38.5 Å². The lowest BCUT2D eigenvalue weighted by atomic mass is 9.49. The number of rotatable bonds is 4. The molecule has 7 unspecified atom stereocenters. The fourth-order valence-electron chi connectivity index (χ4n) is 8.34. The van der Waals surface area contributed by atoms with Crippen molar-refractivity contribution in [3.8, 4) is 0 Å². The zero-order chi connectivity index (χ0) is 20.3. The number of hydrogen-bond acceptors (Lipinski definition) is 2. The molecule has 160 valence electrons. The maximum absolute atomic E-state index is 10.3. The molecule has 0 aliphatic heterocycles. The highest BCUT2D eigenvalue weighted by atomic mass is 16.3. The first-order valence-electron chi connectivity index (χ1n) is 12.1. The van der Waals surface area contributed by atoms with Gasteiger partial charge < -0.3 is 10.2 Å². The Labute approximate surface area is 173 Å². The van der Waals surface area contributed by atoms with Gasteiger partial charge in [-0.25, -0.2) is 0 Å². The topological polar surface area (TPSA) is 40.5 Å². The van der Waals surface area contributed by atoms with Crippen molar-refractivity contribution in [1.29, 1.82) is 0 Å². The Morgan fingerprint density at radius 1 is 1.00 bits per heavy atom. The summed E-state index contributed by atoms with van der Waals surface area (Å²) in [6, 6.07) is 0. The van der Waals surface area contributed by atoms with Crippen LogP contribution in [0.15, 0.2) is 11.6 Å². The van der Waals surface area contributed by atoms with Crippen molar-refractivity contribution in [2.75, 3.05) is 0 Å². The molecule has 0 radical (unpaired) electrons. The van der Waals surface area contributed by atoms with Crippen LogP contribution in [0.3, 0.4) is 0 Å². The molecule has 0 aromatic carbocycles. The molecule has 4 rings (SSSR count). The Bertz CT molecular complexity index is 612. The van der Waals surface area contributed by atoms with Crippen molar-refractivity contribution < 1.29 is 10.2 Å². The number of fused-ring (bicyclic) bond motifs is 5. The Balaban J connectivity index is 1.52. The second kappa shape index (κ2) is 7.12. The van der Waals surface area contributed by atoms with E-state index in [0.717, 1.165) is 55.3 Å². The lowest BCUT2D eigenvalue weighted by Gasteiger charge is -2.55. The molecule has 4 aliphatic carbocycles.